The smallest absolute Gasteiger partial charge is 0.348 e. The van der Waals surface area contributed by atoms with Gasteiger partial charge in [0.1, 0.15) is 10.7 Å². The van der Waals surface area contributed by atoms with Crippen LogP contribution in [0.5, 0.6) is 0 Å². The van der Waals surface area contributed by atoms with Crippen LogP contribution in [0.4, 0.5) is 4.39 Å². The monoisotopic (exact) mass is 385 g/mol. The van der Waals surface area contributed by atoms with Crippen molar-refractivity contribution < 1.29 is 18.7 Å². The minimum Gasteiger partial charge on any atom is -0.451 e. The number of hydrogen-bond acceptors (Lipinski definition) is 4. The van der Waals surface area contributed by atoms with Gasteiger partial charge in [-0.1, -0.05) is 12.1 Å². The van der Waals surface area contributed by atoms with Gasteiger partial charge < -0.3 is 9.64 Å². The Morgan fingerprint density at radius 1 is 1.23 bits per heavy atom. The molecule has 22 heavy (non-hydrogen) atoms. The summed E-state index contributed by atoms with van der Waals surface area (Å²) < 4.78 is 18.6. The summed E-state index contributed by atoms with van der Waals surface area (Å²) in [6.45, 7) is -0.00669. The van der Waals surface area contributed by atoms with Gasteiger partial charge in [-0.15, -0.1) is 11.3 Å². The van der Waals surface area contributed by atoms with Crippen LogP contribution in [0.15, 0.2) is 40.2 Å². The highest BCUT2D eigenvalue weighted by Crippen LogP contribution is 2.22. The van der Waals surface area contributed by atoms with Gasteiger partial charge in [0.25, 0.3) is 5.91 Å². The standard InChI is InChI=1S/C15H13BrFNO3S/c1-18(8-10-2-4-11(17)5-3-10)14(19)9-21-15(20)12-6-7-13(16)22-12/h2-7H,8-9H2,1H3. The summed E-state index contributed by atoms with van der Waals surface area (Å²) >= 11 is 4.50. The fourth-order valence-corrected chi connectivity index (χ4v) is 2.96. The van der Waals surface area contributed by atoms with Crippen molar-refractivity contribution in [2.75, 3.05) is 13.7 Å². The molecule has 116 valence electrons. The number of benzene rings is 1. The molecule has 0 aliphatic heterocycles. The highest BCUT2D eigenvalue weighted by molar-refractivity contribution is 9.11. The molecule has 0 spiro atoms. The molecule has 1 aromatic heterocycles. The van der Waals surface area contributed by atoms with Crippen LogP contribution < -0.4 is 0 Å². The molecule has 0 radical (unpaired) electrons. The minimum absolute atomic E-state index is 0.321. The van der Waals surface area contributed by atoms with Crippen LogP contribution >= 0.6 is 27.3 Å². The van der Waals surface area contributed by atoms with Gasteiger partial charge in [-0.05, 0) is 45.8 Å². The lowest BCUT2D eigenvalue weighted by Crippen LogP contribution is -2.30. The summed E-state index contributed by atoms with van der Waals surface area (Å²) in [7, 11) is 1.60. The molecule has 1 heterocycles. The average Bonchev–Trinajstić information content (AvgIpc) is 2.93. The number of rotatable bonds is 5. The van der Waals surface area contributed by atoms with E-state index in [2.05, 4.69) is 15.9 Å². The summed E-state index contributed by atoms with van der Waals surface area (Å²) in [6.07, 6.45) is 0. The van der Waals surface area contributed by atoms with Crippen molar-refractivity contribution in [2.45, 2.75) is 6.54 Å². The van der Waals surface area contributed by atoms with E-state index < -0.39 is 5.97 Å². The first-order valence-corrected chi connectivity index (χ1v) is 7.97. The molecule has 1 amide bonds. The first-order valence-electron chi connectivity index (χ1n) is 6.36. The molecule has 2 aromatic rings. The number of likely N-dealkylation sites (N-methyl/N-ethyl adjacent to an activating group) is 1. The number of hydrogen-bond donors (Lipinski definition) is 0. The van der Waals surface area contributed by atoms with E-state index in [1.165, 1.54) is 28.4 Å². The Labute approximate surface area is 139 Å². The van der Waals surface area contributed by atoms with Crippen molar-refractivity contribution in [2.24, 2.45) is 0 Å². The van der Waals surface area contributed by atoms with E-state index in [1.807, 2.05) is 0 Å². The Morgan fingerprint density at radius 2 is 1.91 bits per heavy atom. The molecule has 7 heteroatoms. The van der Waals surface area contributed by atoms with Crippen molar-refractivity contribution in [1.29, 1.82) is 0 Å². The van der Waals surface area contributed by atoms with Crippen LogP contribution in [0.25, 0.3) is 0 Å². The largest absolute Gasteiger partial charge is 0.451 e. The predicted molar refractivity (Wildman–Crippen MR) is 85.2 cm³/mol. The van der Waals surface area contributed by atoms with Crippen LogP contribution in [-0.2, 0) is 16.1 Å². The molecule has 0 fully saturated rings. The van der Waals surface area contributed by atoms with E-state index in [0.717, 1.165) is 9.35 Å². The van der Waals surface area contributed by atoms with E-state index in [0.29, 0.717) is 11.4 Å². The quantitative estimate of drug-likeness (QED) is 0.740. The van der Waals surface area contributed by atoms with Crippen molar-refractivity contribution in [3.8, 4) is 0 Å². The molecule has 0 atom stereocenters. The Kier molecular flexibility index (Phi) is 5.68. The van der Waals surface area contributed by atoms with Crippen LogP contribution in [0.3, 0.4) is 0 Å². The molecule has 0 N–H and O–H groups in total. The zero-order chi connectivity index (χ0) is 16.1. The highest BCUT2D eigenvalue weighted by Gasteiger charge is 2.15. The number of amides is 1. The van der Waals surface area contributed by atoms with E-state index in [-0.39, 0.29) is 18.3 Å². The lowest BCUT2D eigenvalue weighted by Gasteiger charge is -2.17. The van der Waals surface area contributed by atoms with E-state index in [9.17, 15) is 14.0 Å². The summed E-state index contributed by atoms with van der Waals surface area (Å²) in [5, 5.41) is 0. The molecule has 1 aromatic carbocycles. The molecule has 0 saturated heterocycles. The SMILES string of the molecule is CN(Cc1ccc(F)cc1)C(=O)COC(=O)c1ccc(Br)s1. The topological polar surface area (TPSA) is 46.6 Å². The van der Waals surface area contributed by atoms with Crippen molar-refractivity contribution >= 4 is 39.1 Å². The van der Waals surface area contributed by atoms with E-state index >= 15 is 0 Å². The highest BCUT2D eigenvalue weighted by atomic mass is 79.9. The second kappa shape index (κ2) is 7.51. The number of nitrogens with zero attached hydrogens (tertiary/aromatic N) is 1. The summed E-state index contributed by atoms with van der Waals surface area (Å²) in [6, 6.07) is 9.25. The maximum Gasteiger partial charge on any atom is 0.348 e. The molecule has 0 unspecified atom stereocenters. The fraction of sp³-hybridized carbons (Fsp3) is 0.200. The Balaban J connectivity index is 1.83. The number of carbonyl (C=O) groups is 2. The van der Waals surface area contributed by atoms with Crippen LogP contribution in [-0.4, -0.2) is 30.4 Å². The van der Waals surface area contributed by atoms with Gasteiger partial charge in [0.15, 0.2) is 6.61 Å². The zero-order valence-electron chi connectivity index (χ0n) is 11.7. The van der Waals surface area contributed by atoms with Gasteiger partial charge in [-0.2, -0.15) is 0 Å². The normalized spacial score (nSPS) is 10.3. The number of thiophene rings is 1. The maximum atomic E-state index is 12.8. The second-order valence-electron chi connectivity index (χ2n) is 4.56. The number of halogens is 2. The Bertz CT molecular complexity index is 672. The predicted octanol–water partition coefficient (Wildman–Crippen LogP) is 3.47. The van der Waals surface area contributed by atoms with Gasteiger partial charge in [0, 0.05) is 13.6 Å². The second-order valence-corrected chi connectivity index (χ2v) is 7.02. The molecule has 0 saturated carbocycles. The first kappa shape index (κ1) is 16.6. The summed E-state index contributed by atoms with van der Waals surface area (Å²) in [4.78, 5) is 25.5. The number of carbonyl (C=O) groups excluding carboxylic acids is 2. The van der Waals surface area contributed by atoms with Gasteiger partial charge >= 0.3 is 5.97 Å². The van der Waals surface area contributed by atoms with E-state index in [4.69, 9.17) is 4.74 Å². The van der Waals surface area contributed by atoms with Crippen molar-refractivity contribution in [3.05, 3.63) is 56.4 Å². The summed E-state index contributed by atoms with van der Waals surface area (Å²) in [5.74, 6) is -1.18. The average molecular weight is 386 g/mol. The maximum absolute atomic E-state index is 12.8. The van der Waals surface area contributed by atoms with Crippen LogP contribution in [0, 0.1) is 5.82 Å². The van der Waals surface area contributed by atoms with Crippen LogP contribution in [0.2, 0.25) is 0 Å². The van der Waals surface area contributed by atoms with Crippen molar-refractivity contribution in [3.63, 3.8) is 0 Å². The Morgan fingerprint density at radius 3 is 2.50 bits per heavy atom. The molecule has 0 aliphatic rings. The van der Waals surface area contributed by atoms with Crippen molar-refractivity contribution in [1.82, 2.24) is 4.90 Å². The third-order valence-electron chi connectivity index (χ3n) is 2.86. The van der Waals surface area contributed by atoms with Gasteiger partial charge in [-0.25, -0.2) is 9.18 Å². The third kappa shape index (κ3) is 4.64. The number of ether oxygens (including phenoxy) is 1. The van der Waals surface area contributed by atoms with Gasteiger partial charge in [0.2, 0.25) is 0 Å². The molecule has 2 rings (SSSR count). The fourth-order valence-electron chi connectivity index (χ4n) is 1.68. The molecule has 4 nitrogen and oxygen atoms in total. The zero-order valence-corrected chi connectivity index (χ0v) is 14.1. The number of esters is 1. The molecule has 0 aliphatic carbocycles. The molecular formula is C15H13BrFNO3S. The Hall–Kier alpha value is -1.73. The van der Waals surface area contributed by atoms with Crippen LogP contribution in [0.1, 0.15) is 15.2 Å². The molecular weight excluding hydrogens is 373 g/mol. The first-order chi connectivity index (χ1) is 10.5. The molecule has 0 bridgehead atoms. The van der Waals surface area contributed by atoms with Gasteiger partial charge in [0.05, 0.1) is 3.79 Å². The van der Waals surface area contributed by atoms with Gasteiger partial charge in [-0.3, -0.25) is 4.79 Å². The van der Waals surface area contributed by atoms with E-state index in [1.54, 1.807) is 31.3 Å². The lowest BCUT2D eigenvalue weighted by atomic mass is 10.2. The lowest BCUT2D eigenvalue weighted by molar-refractivity contribution is -0.133. The summed E-state index contributed by atoms with van der Waals surface area (Å²) in [5.41, 5.74) is 0.797. The minimum atomic E-state index is -0.528. The third-order valence-corrected chi connectivity index (χ3v) is 4.46.